The van der Waals surface area contributed by atoms with Crippen LogP contribution in [-0.2, 0) is 15.1 Å². The Morgan fingerprint density at radius 1 is 1.35 bits per heavy atom. The minimum absolute atomic E-state index is 0.330. The quantitative estimate of drug-likeness (QED) is 0.869. The van der Waals surface area contributed by atoms with Crippen LogP contribution in [0.15, 0.2) is 18.2 Å². The van der Waals surface area contributed by atoms with Crippen molar-refractivity contribution in [3.63, 3.8) is 0 Å². The number of rotatable bonds is 3. The van der Waals surface area contributed by atoms with Gasteiger partial charge in [0, 0.05) is 31.7 Å². The van der Waals surface area contributed by atoms with Gasteiger partial charge in [-0.25, -0.2) is 4.79 Å². The molecule has 2 rings (SSSR count). The number of halogens is 2. The van der Waals surface area contributed by atoms with Crippen LogP contribution in [0, 0.1) is 0 Å². The molecule has 1 aliphatic heterocycles. The Labute approximate surface area is 129 Å². The number of piperazine rings is 1. The lowest BCUT2D eigenvalue weighted by Gasteiger charge is -2.42. The van der Waals surface area contributed by atoms with Crippen molar-refractivity contribution in [2.24, 2.45) is 0 Å². The summed E-state index contributed by atoms with van der Waals surface area (Å²) in [6, 6.07) is 5.34. The smallest absolute Gasteiger partial charge is 0.330 e. The van der Waals surface area contributed by atoms with Crippen LogP contribution in [-0.4, -0.2) is 44.2 Å². The lowest BCUT2D eigenvalue weighted by atomic mass is 9.89. The van der Waals surface area contributed by atoms with Gasteiger partial charge in [-0.3, -0.25) is 4.90 Å². The number of hydrogen-bond acceptors (Lipinski definition) is 4. The molecule has 0 aromatic heterocycles. The fourth-order valence-electron chi connectivity index (χ4n) is 2.60. The highest BCUT2D eigenvalue weighted by Gasteiger charge is 2.44. The van der Waals surface area contributed by atoms with Crippen molar-refractivity contribution in [3.05, 3.63) is 33.8 Å². The van der Waals surface area contributed by atoms with Crippen LogP contribution in [0.4, 0.5) is 0 Å². The van der Waals surface area contributed by atoms with E-state index in [4.69, 9.17) is 27.9 Å². The zero-order valence-corrected chi connectivity index (χ0v) is 13.1. The van der Waals surface area contributed by atoms with Gasteiger partial charge >= 0.3 is 5.97 Å². The molecule has 1 heterocycles. The van der Waals surface area contributed by atoms with Crippen molar-refractivity contribution in [2.45, 2.75) is 12.5 Å². The summed E-state index contributed by atoms with van der Waals surface area (Å²) in [5.74, 6) is -0.330. The highest BCUT2D eigenvalue weighted by Crippen LogP contribution is 2.38. The maximum atomic E-state index is 12.4. The number of hydrogen-bond donors (Lipinski definition) is 1. The van der Waals surface area contributed by atoms with E-state index >= 15 is 0 Å². The first-order chi connectivity index (χ1) is 9.51. The number of nitrogens with zero attached hydrogens (tertiary/aromatic N) is 1. The van der Waals surface area contributed by atoms with Crippen LogP contribution in [0.2, 0.25) is 10.0 Å². The lowest BCUT2D eigenvalue weighted by Crippen LogP contribution is -2.57. The molecule has 0 amide bonds. The van der Waals surface area contributed by atoms with Crippen LogP contribution < -0.4 is 5.32 Å². The average molecular weight is 317 g/mol. The monoisotopic (exact) mass is 316 g/mol. The predicted molar refractivity (Wildman–Crippen MR) is 80.3 cm³/mol. The summed E-state index contributed by atoms with van der Waals surface area (Å²) in [4.78, 5) is 14.5. The van der Waals surface area contributed by atoms with E-state index in [0.29, 0.717) is 15.6 Å². The molecule has 0 spiro atoms. The second-order valence-corrected chi connectivity index (χ2v) is 5.69. The molecule has 0 aliphatic carbocycles. The fourth-order valence-corrected chi connectivity index (χ4v) is 3.08. The summed E-state index contributed by atoms with van der Waals surface area (Å²) in [7, 11) is 1.39. The second-order valence-electron chi connectivity index (χ2n) is 4.90. The van der Waals surface area contributed by atoms with Crippen LogP contribution >= 0.6 is 23.2 Å². The van der Waals surface area contributed by atoms with E-state index in [-0.39, 0.29) is 5.97 Å². The zero-order valence-electron chi connectivity index (χ0n) is 11.6. The number of carbonyl (C=O) groups excluding carboxylic acids is 1. The Morgan fingerprint density at radius 3 is 2.60 bits per heavy atom. The molecule has 1 unspecified atom stereocenters. The van der Waals surface area contributed by atoms with Gasteiger partial charge in [0.1, 0.15) is 5.54 Å². The van der Waals surface area contributed by atoms with E-state index in [1.54, 1.807) is 12.1 Å². The molecule has 1 saturated heterocycles. The SMILES string of the molecule is COC(=O)C(C)(c1cccc(Cl)c1Cl)N1CCNCC1. The summed E-state index contributed by atoms with van der Waals surface area (Å²) >= 11 is 12.4. The molecule has 4 nitrogen and oxygen atoms in total. The van der Waals surface area contributed by atoms with Gasteiger partial charge in [-0.2, -0.15) is 0 Å². The summed E-state index contributed by atoms with van der Waals surface area (Å²) in [5.41, 5.74) is -0.251. The first kappa shape index (κ1) is 15.6. The molecular formula is C14H18Cl2N2O2. The molecule has 0 bridgehead atoms. The Bertz CT molecular complexity index is 504. The van der Waals surface area contributed by atoms with Crippen molar-refractivity contribution in [1.82, 2.24) is 10.2 Å². The van der Waals surface area contributed by atoms with Gasteiger partial charge in [-0.05, 0) is 13.0 Å². The molecule has 110 valence electrons. The average Bonchev–Trinajstić information content (AvgIpc) is 2.49. The molecule has 1 atom stereocenters. The van der Waals surface area contributed by atoms with Gasteiger partial charge in [-0.1, -0.05) is 35.3 Å². The predicted octanol–water partition coefficient (Wildman–Crippen LogP) is 2.29. The molecule has 0 saturated carbocycles. The first-order valence-corrected chi connectivity index (χ1v) is 7.26. The van der Waals surface area contributed by atoms with Crippen LogP contribution in [0.5, 0.6) is 0 Å². The third-order valence-electron chi connectivity index (χ3n) is 3.81. The number of nitrogens with one attached hydrogen (secondary N) is 1. The van der Waals surface area contributed by atoms with Crippen molar-refractivity contribution in [2.75, 3.05) is 33.3 Å². The van der Waals surface area contributed by atoms with E-state index in [1.807, 2.05) is 13.0 Å². The zero-order chi connectivity index (χ0) is 14.8. The van der Waals surface area contributed by atoms with E-state index in [2.05, 4.69) is 10.2 Å². The normalized spacial score (nSPS) is 19.4. The van der Waals surface area contributed by atoms with Gasteiger partial charge in [0.25, 0.3) is 0 Å². The van der Waals surface area contributed by atoms with Gasteiger partial charge in [0.15, 0.2) is 0 Å². The minimum atomic E-state index is -0.932. The molecule has 1 fully saturated rings. The third-order valence-corrected chi connectivity index (χ3v) is 4.63. The lowest BCUT2D eigenvalue weighted by molar-refractivity contribution is -0.155. The second kappa shape index (κ2) is 6.31. The number of esters is 1. The molecular weight excluding hydrogens is 299 g/mol. The number of methoxy groups -OCH3 is 1. The Morgan fingerprint density at radius 2 is 2.00 bits per heavy atom. The first-order valence-electron chi connectivity index (χ1n) is 6.50. The largest absolute Gasteiger partial charge is 0.467 e. The fraction of sp³-hybridized carbons (Fsp3) is 0.500. The van der Waals surface area contributed by atoms with Crippen LogP contribution in [0.3, 0.4) is 0 Å². The third kappa shape index (κ3) is 2.66. The minimum Gasteiger partial charge on any atom is -0.467 e. The molecule has 0 radical (unpaired) electrons. The summed E-state index contributed by atoms with van der Waals surface area (Å²) in [6.45, 7) is 4.97. The van der Waals surface area contributed by atoms with Crippen molar-refractivity contribution in [1.29, 1.82) is 0 Å². The number of benzene rings is 1. The molecule has 6 heteroatoms. The van der Waals surface area contributed by atoms with Gasteiger partial charge in [-0.15, -0.1) is 0 Å². The molecule has 1 aromatic rings. The van der Waals surface area contributed by atoms with Crippen molar-refractivity contribution >= 4 is 29.2 Å². The van der Waals surface area contributed by atoms with Crippen LogP contribution in [0.1, 0.15) is 12.5 Å². The van der Waals surface area contributed by atoms with Crippen LogP contribution in [0.25, 0.3) is 0 Å². The van der Waals surface area contributed by atoms with Crippen molar-refractivity contribution < 1.29 is 9.53 Å². The van der Waals surface area contributed by atoms with Gasteiger partial charge in [0.05, 0.1) is 17.2 Å². The standard InChI is InChI=1S/C14H18Cl2N2O2/c1-14(13(19)20-2,18-8-6-17-7-9-18)10-4-3-5-11(15)12(10)16/h3-5,17H,6-9H2,1-2H3. The number of carbonyl (C=O) groups is 1. The van der Waals surface area contributed by atoms with E-state index in [1.165, 1.54) is 7.11 Å². The number of ether oxygens (including phenoxy) is 1. The molecule has 20 heavy (non-hydrogen) atoms. The molecule has 1 N–H and O–H groups in total. The highest BCUT2D eigenvalue weighted by molar-refractivity contribution is 6.42. The van der Waals surface area contributed by atoms with E-state index < -0.39 is 5.54 Å². The topological polar surface area (TPSA) is 41.6 Å². The Hall–Kier alpha value is -0.810. The maximum Gasteiger partial charge on any atom is 0.330 e. The van der Waals surface area contributed by atoms with Crippen molar-refractivity contribution in [3.8, 4) is 0 Å². The summed E-state index contributed by atoms with van der Waals surface area (Å²) in [5, 5.41) is 4.11. The molecule has 1 aromatic carbocycles. The summed E-state index contributed by atoms with van der Waals surface area (Å²) < 4.78 is 5.02. The van der Waals surface area contributed by atoms with E-state index in [0.717, 1.165) is 26.2 Å². The summed E-state index contributed by atoms with van der Waals surface area (Å²) in [6.07, 6.45) is 0. The Balaban J connectivity index is 2.51. The maximum absolute atomic E-state index is 12.4. The van der Waals surface area contributed by atoms with Gasteiger partial charge < -0.3 is 10.1 Å². The van der Waals surface area contributed by atoms with E-state index in [9.17, 15) is 4.79 Å². The molecule has 1 aliphatic rings. The Kier molecular flexibility index (Phi) is 4.91. The van der Waals surface area contributed by atoms with Gasteiger partial charge in [0.2, 0.25) is 0 Å². The highest BCUT2D eigenvalue weighted by atomic mass is 35.5.